The predicted octanol–water partition coefficient (Wildman–Crippen LogP) is 4.42. The molecule has 0 bridgehead atoms. The van der Waals surface area contributed by atoms with Crippen LogP contribution in [0.3, 0.4) is 0 Å². The van der Waals surface area contributed by atoms with Crippen molar-refractivity contribution in [3.63, 3.8) is 0 Å². The van der Waals surface area contributed by atoms with Crippen molar-refractivity contribution < 1.29 is 27.4 Å². The van der Waals surface area contributed by atoms with Crippen LogP contribution >= 0.6 is 0 Å². The largest absolute Gasteiger partial charge is 0.493 e. The van der Waals surface area contributed by atoms with E-state index in [1.807, 2.05) is 18.7 Å². The van der Waals surface area contributed by atoms with Gasteiger partial charge in [0.05, 0.1) is 19.8 Å². The summed E-state index contributed by atoms with van der Waals surface area (Å²) in [6, 6.07) is 9.36. The minimum atomic E-state index is -4.47. The molecule has 1 amide bonds. The minimum absolute atomic E-state index is 0.204. The number of rotatable bonds is 9. The topological polar surface area (TPSA) is 50.8 Å². The molecule has 8 heteroatoms. The number of nitrogens with zero attached hydrogens (tertiary/aromatic N) is 1. The van der Waals surface area contributed by atoms with Gasteiger partial charge in [-0.25, -0.2) is 0 Å². The van der Waals surface area contributed by atoms with Crippen LogP contribution in [0.5, 0.6) is 11.5 Å². The molecule has 1 atom stereocenters. The molecule has 2 rings (SSSR count). The second-order valence-corrected chi connectivity index (χ2v) is 6.65. The van der Waals surface area contributed by atoms with E-state index in [0.717, 1.165) is 17.7 Å². The van der Waals surface area contributed by atoms with Crippen LogP contribution < -0.4 is 14.8 Å². The highest BCUT2D eigenvalue weighted by molar-refractivity contribution is 5.83. The second kappa shape index (κ2) is 10.3. The Hall–Kier alpha value is -2.74. The first-order valence-corrected chi connectivity index (χ1v) is 9.64. The van der Waals surface area contributed by atoms with Gasteiger partial charge in [0.15, 0.2) is 11.5 Å². The molecule has 5 nitrogen and oxygen atoms in total. The highest BCUT2D eigenvalue weighted by Gasteiger charge is 2.33. The van der Waals surface area contributed by atoms with Crippen LogP contribution in [0.25, 0.3) is 0 Å². The summed E-state index contributed by atoms with van der Waals surface area (Å²) in [6.07, 6.45) is -4.47. The molecule has 2 aromatic rings. The lowest BCUT2D eigenvalue weighted by molar-refractivity contribution is -0.138. The summed E-state index contributed by atoms with van der Waals surface area (Å²) in [5.41, 5.74) is 0.312. The van der Waals surface area contributed by atoms with Crippen molar-refractivity contribution in [3.8, 4) is 11.5 Å². The molecule has 0 aromatic heterocycles. The summed E-state index contributed by atoms with van der Waals surface area (Å²) in [6.45, 7) is 4.97. The van der Waals surface area contributed by atoms with Gasteiger partial charge in [-0.1, -0.05) is 32.0 Å². The quantitative estimate of drug-likeness (QED) is 0.648. The van der Waals surface area contributed by atoms with Crippen molar-refractivity contribution >= 4 is 5.91 Å². The van der Waals surface area contributed by atoms with Gasteiger partial charge in [0.2, 0.25) is 5.91 Å². The predicted molar refractivity (Wildman–Crippen MR) is 108 cm³/mol. The number of nitrogens with one attached hydrogen (secondary N) is 1. The van der Waals surface area contributed by atoms with Gasteiger partial charge in [-0.2, -0.15) is 13.2 Å². The maximum absolute atomic E-state index is 13.2. The molecule has 164 valence electrons. The van der Waals surface area contributed by atoms with E-state index >= 15 is 0 Å². The molecule has 1 unspecified atom stereocenters. The first-order valence-electron chi connectivity index (χ1n) is 9.64. The Morgan fingerprint density at radius 1 is 1.03 bits per heavy atom. The maximum Gasteiger partial charge on any atom is 0.416 e. The number of likely N-dealkylation sites (N-methyl/N-ethyl adjacent to an activating group) is 1. The molecule has 0 saturated carbocycles. The van der Waals surface area contributed by atoms with Crippen molar-refractivity contribution in [2.45, 2.75) is 32.6 Å². The molecule has 0 heterocycles. The molecule has 0 fully saturated rings. The number of benzene rings is 2. The van der Waals surface area contributed by atoms with Crippen LogP contribution in [0.2, 0.25) is 0 Å². The fourth-order valence-electron chi connectivity index (χ4n) is 3.28. The number of carbonyl (C=O) groups excluding carboxylic acids is 1. The zero-order chi connectivity index (χ0) is 22.3. The summed E-state index contributed by atoms with van der Waals surface area (Å²) in [5.74, 6) is 0.729. The van der Waals surface area contributed by atoms with E-state index in [0.29, 0.717) is 30.2 Å². The number of hydrogen-bond donors (Lipinski definition) is 1. The van der Waals surface area contributed by atoms with Gasteiger partial charge in [0.25, 0.3) is 0 Å². The van der Waals surface area contributed by atoms with Gasteiger partial charge in [-0.05, 0) is 48.5 Å². The zero-order valence-corrected chi connectivity index (χ0v) is 17.5. The van der Waals surface area contributed by atoms with Gasteiger partial charge in [-0.3, -0.25) is 9.69 Å². The first-order chi connectivity index (χ1) is 14.2. The lowest BCUT2D eigenvalue weighted by atomic mass is 10.0. The monoisotopic (exact) mass is 424 g/mol. The molecule has 0 aliphatic heterocycles. The molecule has 2 aromatic carbocycles. The standard InChI is InChI=1S/C22H27F3N2O3/c1-5-27(6-2)20(16-8-7-9-17(13-16)22(23,24)25)21(28)26-14-15-10-11-18(29-3)19(12-15)30-4/h7-13,20H,5-6,14H2,1-4H3,(H,26,28). The smallest absolute Gasteiger partial charge is 0.416 e. The summed E-state index contributed by atoms with van der Waals surface area (Å²) < 4.78 is 50.0. The number of amides is 1. The Bertz CT molecular complexity index is 852. The zero-order valence-electron chi connectivity index (χ0n) is 17.5. The van der Waals surface area contributed by atoms with Crippen molar-refractivity contribution in [1.82, 2.24) is 10.2 Å². The van der Waals surface area contributed by atoms with Crippen LogP contribution in [-0.2, 0) is 17.5 Å². The summed E-state index contributed by atoms with van der Waals surface area (Å²) in [4.78, 5) is 14.8. The lowest BCUT2D eigenvalue weighted by Crippen LogP contribution is -2.40. The Morgan fingerprint density at radius 2 is 1.70 bits per heavy atom. The summed E-state index contributed by atoms with van der Waals surface area (Å²) in [5, 5.41) is 2.84. The molecule has 1 N–H and O–H groups in total. The third-order valence-electron chi connectivity index (χ3n) is 4.87. The van der Waals surface area contributed by atoms with E-state index in [1.54, 1.807) is 24.3 Å². The molecule has 0 radical (unpaired) electrons. The second-order valence-electron chi connectivity index (χ2n) is 6.65. The molecule has 0 saturated heterocycles. The average Bonchev–Trinajstić information content (AvgIpc) is 2.74. The van der Waals surface area contributed by atoms with Gasteiger partial charge < -0.3 is 14.8 Å². The molecular weight excluding hydrogens is 397 g/mol. The van der Waals surface area contributed by atoms with E-state index in [2.05, 4.69) is 5.32 Å². The fraction of sp³-hybridized carbons (Fsp3) is 0.409. The van der Waals surface area contributed by atoms with Crippen LogP contribution in [0, 0.1) is 0 Å². The fourth-order valence-corrected chi connectivity index (χ4v) is 3.28. The normalized spacial score (nSPS) is 12.5. The van der Waals surface area contributed by atoms with Gasteiger partial charge in [0.1, 0.15) is 6.04 Å². The van der Waals surface area contributed by atoms with Crippen LogP contribution in [0.1, 0.15) is 36.6 Å². The maximum atomic E-state index is 13.2. The Morgan fingerprint density at radius 3 is 2.27 bits per heavy atom. The number of methoxy groups -OCH3 is 2. The van der Waals surface area contributed by atoms with E-state index in [1.165, 1.54) is 20.3 Å². The van der Waals surface area contributed by atoms with Gasteiger partial charge in [-0.15, -0.1) is 0 Å². The third kappa shape index (κ3) is 5.66. The number of ether oxygens (including phenoxy) is 2. The SMILES string of the molecule is CCN(CC)C(C(=O)NCc1ccc(OC)c(OC)c1)c1cccc(C(F)(F)F)c1. The van der Waals surface area contributed by atoms with Crippen LogP contribution in [0.15, 0.2) is 42.5 Å². The number of halogens is 3. The van der Waals surface area contributed by atoms with E-state index < -0.39 is 17.8 Å². The van der Waals surface area contributed by atoms with Gasteiger partial charge >= 0.3 is 6.18 Å². The van der Waals surface area contributed by atoms with E-state index in [9.17, 15) is 18.0 Å². The Balaban J connectivity index is 2.27. The van der Waals surface area contributed by atoms with Crippen LogP contribution in [-0.4, -0.2) is 38.1 Å². The molecule has 30 heavy (non-hydrogen) atoms. The number of hydrogen-bond acceptors (Lipinski definition) is 4. The molecule has 0 aliphatic rings. The Kier molecular flexibility index (Phi) is 8.11. The average molecular weight is 424 g/mol. The van der Waals surface area contributed by atoms with Crippen LogP contribution in [0.4, 0.5) is 13.2 Å². The van der Waals surface area contributed by atoms with E-state index in [4.69, 9.17) is 9.47 Å². The minimum Gasteiger partial charge on any atom is -0.493 e. The van der Waals surface area contributed by atoms with Gasteiger partial charge in [0, 0.05) is 6.54 Å². The van der Waals surface area contributed by atoms with Crippen molar-refractivity contribution in [2.75, 3.05) is 27.3 Å². The summed E-state index contributed by atoms with van der Waals surface area (Å²) in [7, 11) is 3.05. The third-order valence-corrected chi connectivity index (χ3v) is 4.87. The highest BCUT2D eigenvalue weighted by Crippen LogP contribution is 2.32. The van der Waals surface area contributed by atoms with Crippen molar-refractivity contribution in [1.29, 1.82) is 0 Å². The molecular formula is C22H27F3N2O3. The Labute approximate surface area is 174 Å². The van der Waals surface area contributed by atoms with Crippen molar-refractivity contribution in [3.05, 3.63) is 59.2 Å². The first kappa shape index (κ1) is 23.5. The molecule has 0 aliphatic carbocycles. The number of carbonyl (C=O) groups is 1. The highest BCUT2D eigenvalue weighted by atomic mass is 19.4. The molecule has 0 spiro atoms. The summed E-state index contributed by atoms with van der Waals surface area (Å²) >= 11 is 0. The lowest BCUT2D eigenvalue weighted by Gasteiger charge is -2.29. The van der Waals surface area contributed by atoms with Crippen molar-refractivity contribution in [2.24, 2.45) is 0 Å². The van der Waals surface area contributed by atoms with E-state index in [-0.39, 0.29) is 12.5 Å². The number of alkyl halides is 3.